The zero-order chi connectivity index (χ0) is 19.7. The van der Waals surface area contributed by atoms with E-state index in [1.165, 1.54) is 16.0 Å². The Morgan fingerprint density at radius 3 is 2.79 bits per heavy atom. The molecule has 0 radical (unpaired) electrons. The van der Waals surface area contributed by atoms with Crippen molar-refractivity contribution in [2.45, 2.75) is 33.2 Å². The van der Waals surface area contributed by atoms with E-state index in [-0.39, 0.29) is 5.63 Å². The average molecular weight is 380 g/mol. The van der Waals surface area contributed by atoms with Crippen molar-refractivity contribution < 1.29 is 18.8 Å². The Balaban J connectivity index is 1.60. The molecule has 1 aromatic heterocycles. The molecule has 146 valence electrons. The SMILES string of the molecule is CCc1cc(=O)oc2c(C)c3c(cc12)C[NH+](CCc1ccccc1OC)CO3. The first kappa shape index (κ1) is 18.6. The number of nitrogens with one attached hydrogen (secondary N) is 1. The van der Waals surface area contributed by atoms with Crippen molar-refractivity contribution in [3.63, 3.8) is 0 Å². The Morgan fingerprint density at radius 2 is 2.00 bits per heavy atom. The lowest BCUT2D eigenvalue weighted by molar-refractivity contribution is -0.932. The Hall–Kier alpha value is -2.79. The van der Waals surface area contributed by atoms with Crippen LogP contribution >= 0.6 is 0 Å². The lowest BCUT2D eigenvalue weighted by Gasteiger charge is -2.28. The third kappa shape index (κ3) is 3.38. The fraction of sp³-hybridized carbons (Fsp3) is 0.348. The monoisotopic (exact) mass is 380 g/mol. The lowest BCUT2D eigenvalue weighted by atomic mass is 9.99. The minimum Gasteiger partial charge on any atom is -0.496 e. The molecule has 1 aliphatic heterocycles. The molecule has 0 bridgehead atoms. The quantitative estimate of drug-likeness (QED) is 0.692. The van der Waals surface area contributed by atoms with Gasteiger partial charge in [0.25, 0.3) is 0 Å². The summed E-state index contributed by atoms with van der Waals surface area (Å²) in [5, 5.41) is 1.02. The molecule has 1 unspecified atom stereocenters. The molecule has 0 saturated heterocycles. The molecule has 5 heteroatoms. The summed E-state index contributed by atoms with van der Waals surface area (Å²) in [6.45, 7) is 6.49. The summed E-state index contributed by atoms with van der Waals surface area (Å²) in [7, 11) is 1.71. The van der Waals surface area contributed by atoms with Crippen molar-refractivity contribution in [1.29, 1.82) is 0 Å². The van der Waals surface area contributed by atoms with Gasteiger partial charge in [0, 0.05) is 29.0 Å². The number of methoxy groups -OCH3 is 1. The van der Waals surface area contributed by atoms with Gasteiger partial charge in [-0.15, -0.1) is 0 Å². The van der Waals surface area contributed by atoms with Gasteiger partial charge in [-0.25, -0.2) is 4.79 Å². The van der Waals surface area contributed by atoms with Crippen molar-refractivity contribution >= 4 is 11.0 Å². The fourth-order valence-electron chi connectivity index (χ4n) is 4.07. The van der Waals surface area contributed by atoms with Crippen LogP contribution in [0.15, 0.2) is 45.6 Å². The summed E-state index contributed by atoms with van der Waals surface area (Å²) >= 11 is 0. The molecule has 0 spiro atoms. The molecule has 2 heterocycles. The van der Waals surface area contributed by atoms with Crippen LogP contribution in [-0.2, 0) is 19.4 Å². The summed E-state index contributed by atoms with van der Waals surface area (Å²) in [5.74, 6) is 1.80. The second kappa shape index (κ2) is 7.68. The molecular formula is C23H26NO4+. The first-order valence-corrected chi connectivity index (χ1v) is 9.78. The van der Waals surface area contributed by atoms with Crippen molar-refractivity contribution in [3.8, 4) is 11.5 Å². The van der Waals surface area contributed by atoms with Gasteiger partial charge in [0.15, 0.2) is 0 Å². The first-order valence-electron chi connectivity index (χ1n) is 9.78. The first-order chi connectivity index (χ1) is 13.6. The minimum absolute atomic E-state index is 0.299. The number of benzene rings is 2. The van der Waals surface area contributed by atoms with Crippen molar-refractivity contribution in [3.05, 3.63) is 69.1 Å². The van der Waals surface area contributed by atoms with E-state index in [1.807, 2.05) is 25.1 Å². The largest absolute Gasteiger partial charge is 0.496 e. The van der Waals surface area contributed by atoms with E-state index >= 15 is 0 Å². The molecule has 0 aliphatic carbocycles. The minimum atomic E-state index is -0.299. The van der Waals surface area contributed by atoms with Gasteiger partial charge < -0.3 is 13.9 Å². The highest BCUT2D eigenvalue weighted by Crippen LogP contribution is 2.33. The van der Waals surface area contributed by atoms with Crippen molar-refractivity contribution in [2.75, 3.05) is 20.4 Å². The number of ether oxygens (including phenoxy) is 2. The Morgan fingerprint density at radius 1 is 1.18 bits per heavy atom. The maximum absolute atomic E-state index is 11.9. The van der Waals surface area contributed by atoms with Crippen LogP contribution in [0.3, 0.4) is 0 Å². The number of para-hydroxylation sites is 1. The van der Waals surface area contributed by atoms with Gasteiger partial charge >= 0.3 is 5.63 Å². The van der Waals surface area contributed by atoms with E-state index < -0.39 is 0 Å². The number of aryl methyl sites for hydroxylation is 2. The van der Waals surface area contributed by atoms with E-state index in [0.29, 0.717) is 12.3 Å². The van der Waals surface area contributed by atoms with Crippen LogP contribution in [0.4, 0.5) is 0 Å². The normalized spacial score (nSPS) is 15.9. The number of fused-ring (bicyclic) bond motifs is 2. The number of quaternary nitrogens is 1. The average Bonchev–Trinajstić information content (AvgIpc) is 2.72. The van der Waals surface area contributed by atoms with E-state index in [0.717, 1.165) is 53.9 Å². The molecule has 28 heavy (non-hydrogen) atoms. The molecule has 1 atom stereocenters. The van der Waals surface area contributed by atoms with Crippen LogP contribution in [0.5, 0.6) is 11.5 Å². The predicted octanol–water partition coefficient (Wildman–Crippen LogP) is 2.65. The van der Waals surface area contributed by atoms with E-state index in [1.54, 1.807) is 13.2 Å². The summed E-state index contributed by atoms with van der Waals surface area (Å²) in [6.07, 6.45) is 1.73. The molecule has 0 saturated carbocycles. The second-order valence-corrected chi connectivity index (χ2v) is 7.34. The third-order valence-electron chi connectivity index (χ3n) is 5.56. The van der Waals surface area contributed by atoms with Gasteiger partial charge in [-0.3, -0.25) is 4.90 Å². The fourth-order valence-corrected chi connectivity index (χ4v) is 4.07. The molecule has 1 aliphatic rings. The molecule has 2 aromatic carbocycles. The van der Waals surface area contributed by atoms with Gasteiger partial charge in [-0.05, 0) is 36.6 Å². The molecule has 1 N–H and O–H groups in total. The highest BCUT2D eigenvalue weighted by atomic mass is 16.5. The molecule has 3 aromatic rings. The number of hydrogen-bond donors (Lipinski definition) is 1. The lowest BCUT2D eigenvalue weighted by Crippen LogP contribution is -3.12. The zero-order valence-corrected chi connectivity index (χ0v) is 16.6. The topological polar surface area (TPSA) is 53.1 Å². The summed E-state index contributed by atoms with van der Waals surface area (Å²) in [6, 6.07) is 11.9. The highest BCUT2D eigenvalue weighted by Gasteiger charge is 2.25. The van der Waals surface area contributed by atoms with Crippen molar-refractivity contribution in [2.24, 2.45) is 0 Å². The molecule has 4 rings (SSSR count). The van der Waals surface area contributed by atoms with Crippen molar-refractivity contribution in [1.82, 2.24) is 0 Å². The summed E-state index contributed by atoms with van der Waals surface area (Å²) < 4.78 is 17.1. The highest BCUT2D eigenvalue weighted by molar-refractivity contribution is 5.86. The standard InChI is InChI=1S/C23H25NO4/c1-4-16-12-21(25)28-23-15(2)22-18(11-19(16)23)13-24(14-27-22)10-9-17-7-5-6-8-20(17)26-3/h5-8,11-12H,4,9-10,13-14H2,1-3H3/p+1. The van der Waals surface area contributed by atoms with Gasteiger partial charge in [-0.1, -0.05) is 25.1 Å². The zero-order valence-electron chi connectivity index (χ0n) is 16.6. The maximum Gasteiger partial charge on any atom is 0.336 e. The molecule has 5 nitrogen and oxygen atoms in total. The molecule has 0 fully saturated rings. The van der Waals surface area contributed by atoms with Crippen LogP contribution in [-0.4, -0.2) is 20.4 Å². The smallest absolute Gasteiger partial charge is 0.336 e. The Labute approximate surface area is 164 Å². The third-order valence-corrected chi connectivity index (χ3v) is 5.56. The number of hydrogen-bond acceptors (Lipinski definition) is 4. The van der Waals surface area contributed by atoms with Crippen LogP contribution in [0.25, 0.3) is 11.0 Å². The van der Waals surface area contributed by atoms with Crippen LogP contribution < -0.4 is 20.0 Å². The second-order valence-electron chi connectivity index (χ2n) is 7.34. The van der Waals surface area contributed by atoms with Crippen LogP contribution in [0, 0.1) is 6.92 Å². The summed E-state index contributed by atoms with van der Waals surface area (Å²) in [4.78, 5) is 13.3. The number of rotatable bonds is 5. The van der Waals surface area contributed by atoms with Gasteiger partial charge in [0.1, 0.15) is 23.6 Å². The Bertz CT molecular complexity index is 1070. The van der Waals surface area contributed by atoms with Gasteiger partial charge in [0.05, 0.1) is 13.7 Å². The van der Waals surface area contributed by atoms with Crippen LogP contribution in [0.1, 0.15) is 29.2 Å². The predicted molar refractivity (Wildman–Crippen MR) is 108 cm³/mol. The van der Waals surface area contributed by atoms with Gasteiger partial charge in [-0.2, -0.15) is 0 Å². The summed E-state index contributed by atoms with van der Waals surface area (Å²) in [5.41, 5.74) is 4.69. The van der Waals surface area contributed by atoms with E-state index in [4.69, 9.17) is 13.9 Å². The van der Waals surface area contributed by atoms with E-state index in [9.17, 15) is 4.79 Å². The van der Waals surface area contributed by atoms with E-state index in [2.05, 4.69) is 19.1 Å². The van der Waals surface area contributed by atoms with Gasteiger partial charge in [0.2, 0.25) is 6.73 Å². The maximum atomic E-state index is 11.9. The molecule has 0 amide bonds. The molecular weight excluding hydrogens is 354 g/mol. The van der Waals surface area contributed by atoms with Crippen LogP contribution in [0.2, 0.25) is 0 Å². The Kier molecular flexibility index (Phi) is 5.09.